The van der Waals surface area contributed by atoms with Crippen LogP contribution in [0.2, 0.25) is 0 Å². The molecule has 1 aliphatic carbocycles. The van der Waals surface area contributed by atoms with Gasteiger partial charge in [0.2, 0.25) is 0 Å². The van der Waals surface area contributed by atoms with Crippen molar-refractivity contribution in [3.63, 3.8) is 0 Å². The van der Waals surface area contributed by atoms with Crippen LogP contribution in [0.1, 0.15) is 38.3 Å². The Hall–Kier alpha value is -0.660. The number of hydrogen-bond acceptors (Lipinski definition) is 5. The van der Waals surface area contributed by atoms with Gasteiger partial charge in [-0.25, -0.2) is 18.1 Å². The summed E-state index contributed by atoms with van der Waals surface area (Å²) in [4.78, 5) is 3.95. The fraction of sp³-hybridized carbons (Fsp3) is 0.700. The van der Waals surface area contributed by atoms with E-state index in [9.17, 15) is 8.42 Å². The van der Waals surface area contributed by atoms with Crippen molar-refractivity contribution in [3.8, 4) is 0 Å². The summed E-state index contributed by atoms with van der Waals surface area (Å²) in [5, 5.41) is 0.294. The molecule has 1 saturated carbocycles. The van der Waals surface area contributed by atoms with Crippen LogP contribution in [0.3, 0.4) is 0 Å². The van der Waals surface area contributed by atoms with Gasteiger partial charge in [0.25, 0.3) is 10.0 Å². The summed E-state index contributed by atoms with van der Waals surface area (Å²) >= 11 is 1.02. The number of nitrogens with zero attached hydrogens (tertiary/aromatic N) is 1. The lowest BCUT2D eigenvalue weighted by Crippen LogP contribution is -2.52. The molecule has 2 rings (SSSR count). The molecule has 5 nitrogen and oxygen atoms in total. The van der Waals surface area contributed by atoms with E-state index < -0.39 is 10.0 Å². The molecule has 0 saturated heterocycles. The van der Waals surface area contributed by atoms with Crippen LogP contribution < -0.4 is 10.5 Å². The predicted molar refractivity (Wildman–Crippen MR) is 68.5 cm³/mol. The van der Waals surface area contributed by atoms with E-state index in [1.54, 1.807) is 6.92 Å². The summed E-state index contributed by atoms with van der Waals surface area (Å²) in [5.41, 5.74) is 5.77. The Labute approximate surface area is 105 Å². The predicted octanol–water partition coefficient (Wildman–Crippen LogP) is 1.64. The fourth-order valence-electron chi connectivity index (χ4n) is 2.11. The van der Waals surface area contributed by atoms with Crippen molar-refractivity contribution in [1.82, 2.24) is 9.71 Å². The Morgan fingerprint density at radius 1 is 1.53 bits per heavy atom. The molecule has 1 aromatic heterocycles. The van der Waals surface area contributed by atoms with Crippen LogP contribution in [-0.4, -0.2) is 18.9 Å². The third-order valence-corrected chi connectivity index (χ3v) is 6.53. The molecule has 1 fully saturated rings. The number of sulfonamides is 1. The summed E-state index contributed by atoms with van der Waals surface area (Å²) in [6, 6.07) is 0. The summed E-state index contributed by atoms with van der Waals surface area (Å²) in [5.74, 6) is 0. The number of thiazole rings is 1. The monoisotopic (exact) mass is 275 g/mol. The lowest BCUT2D eigenvalue weighted by molar-refractivity contribution is 0.214. The van der Waals surface area contributed by atoms with Crippen molar-refractivity contribution in [3.05, 3.63) is 5.69 Å². The zero-order valence-corrected chi connectivity index (χ0v) is 11.6. The molecule has 0 atom stereocenters. The van der Waals surface area contributed by atoms with Gasteiger partial charge in [-0.3, -0.25) is 0 Å². The van der Waals surface area contributed by atoms with Gasteiger partial charge in [0.1, 0.15) is 0 Å². The van der Waals surface area contributed by atoms with E-state index in [4.69, 9.17) is 5.73 Å². The molecule has 1 aliphatic rings. The first-order valence-corrected chi connectivity index (χ1v) is 7.95. The largest absolute Gasteiger partial charge is 0.375 e. The molecule has 1 aromatic rings. The van der Waals surface area contributed by atoms with Crippen molar-refractivity contribution < 1.29 is 8.42 Å². The molecule has 0 aliphatic heterocycles. The number of hydrogen-bond donors (Lipinski definition) is 2. The van der Waals surface area contributed by atoms with E-state index in [-0.39, 0.29) is 9.75 Å². The van der Waals surface area contributed by atoms with Crippen molar-refractivity contribution in [1.29, 1.82) is 0 Å². The standard InChI is InChI=1S/C10H17N3O2S2/c1-3-10(5-4-6-10)13-17(14,15)8-7(2)12-9(11)16-8/h13H,3-6H2,1-2H3,(H2,11,12). The molecule has 0 aromatic carbocycles. The van der Waals surface area contributed by atoms with E-state index in [0.29, 0.717) is 10.8 Å². The molecule has 17 heavy (non-hydrogen) atoms. The number of aryl methyl sites for hydroxylation is 1. The normalized spacial score (nSPS) is 18.9. The maximum absolute atomic E-state index is 12.2. The number of rotatable bonds is 4. The third-order valence-electron chi connectivity index (χ3n) is 3.35. The molecule has 0 bridgehead atoms. The van der Waals surface area contributed by atoms with Crippen LogP contribution >= 0.6 is 11.3 Å². The number of aromatic nitrogens is 1. The van der Waals surface area contributed by atoms with Crippen LogP contribution in [-0.2, 0) is 10.0 Å². The Bertz CT molecular complexity index is 512. The Morgan fingerprint density at radius 3 is 2.53 bits per heavy atom. The highest BCUT2D eigenvalue weighted by Gasteiger charge is 2.40. The number of nitrogens with one attached hydrogen (secondary N) is 1. The molecule has 0 unspecified atom stereocenters. The third kappa shape index (κ3) is 2.31. The lowest BCUT2D eigenvalue weighted by Gasteiger charge is -2.41. The van der Waals surface area contributed by atoms with Crippen molar-refractivity contribution >= 4 is 26.5 Å². The molecule has 0 spiro atoms. The highest BCUT2D eigenvalue weighted by molar-refractivity contribution is 7.91. The fourth-order valence-corrected chi connectivity index (χ4v) is 4.95. The van der Waals surface area contributed by atoms with E-state index >= 15 is 0 Å². The van der Waals surface area contributed by atoms with E-state index in [0.717, 1.165) is 37.0 Å². The number of nitrogen functional groups attached to an aromatic ring is 1. The second-order valence-electron chi connectivity index (χ2n) is 4.52. The first-order valence-electron chi connectivity index (χ1n) is 5.65. The van der Waals surface area contributed by atoms with E-state index in [2.05, 4.69) is 9.71 Å². The number of anilines is 1. The van der Waals surface area contributed by atoms with Gasteiger partial charge < -0.3 is 5.73 Å². The molecular weight excluding hydrogens is 258 g/mol. The molecule has 1 heterocycles. The SMILES string of the molecule is CCC1(NS(=O)(=O)c2sc(N)nc2C)CCC1. The zero-order valence-electron chi connectivity index (χ0n) is 9.99. The van der Waals surface area contributed by atoms with Crippen molar-refractivity contribution in [2.24, 2.45) is 0 Å². The van der Waals surface area contributed by atoms with Gasteiger partial charge >= 0.3 is 0 Å². The topological polar surface area (TPSA) is 85.1 Å². The summed E-state index contributed by atoms with van der Waals surface area (Å²) in [7, 11) is -3.47. The second-order valence-corrected chi connectivity index (χ2v) is 7.43. The van der Waals surface area contributed by atoms with Gasteiger partial charge in [-0.2, -0.15) is 0 Å². The Kier molecular flexibility index (Phi) is 3.17. The molecular formula is C10H17N3O2S2. The van der Waals surface area contributed by atoms with E-state index in [1.807, 2.05) is 6.92 Å². The van der Waals surface area contributed by atoms with Crippen LogP contribution in [0.5, 0.6) is 0 Å². The highest BCUT2D eigenvalue weighted by atomic mass is 32.2. The van der Waals surface area contributed by atoms with Crippen LogP contribution in [0.25, 0.3) is 0 Å². The summed E-state index contributed by atoms with van der Waals surface area (Å²) in [6.07, 6.45) is 3.73. The van der Waals surface area contributed by atoms with Gasteiger partial charge in [-0.05, 0) is 32.6 Å². The quantitative estimate of drug-likeness (QED) is 0.875. The molecule has 7 heteroatoms. The van der Waals surface area contributed by atoms with Crippen LogP contribution in [0.15, 0.2) is 4.21 Å². The first-order chi connectivity index (χ1) is 7.88. The average molecular weight is 275 g/mol. The van der Waals surface area contributed by atoms with Crippen molar-refractivity contribution in [2.75, 3.05) is 5.73 Å². The molecule has 96 valence electrons. The minimum Gasteiger partial charge on any atom is -0.375 e. The van der Waals surface area contributed by atoms with Gasteiger partial charge in [-0.1, -0.05) is 18.3 Å². The second kappa shape index (κ2) is 4.22. The molecule has 0 radical (unpaired) electrons. The average Bonchev–Trinajstić information content (AvgIpc) is 2.52. The van der Waals surface area contributed by atoms with Crippen LogP contribution in [0, 0.1) is 6.92 Å². The smallest absolute Gasteiger partial charge is 0.252 e. The maximum atomic E-state index is 12.2. The molecule has 0 amide bonds. The maximum Gasteiger partial charge on any atom is 0.252 e. The summed E-state index contributed by atoms with van der Waals surface area (Å²) < 4.78 is 27.5. The lowest BCUT2D eigenvalue weighted by atomic mass is 9.76. The first kappa shape index (κ1) is 12.8. The zero-order chi connectivity index (χ0) is 12.7. The number of nitrogens with two attached hydrogens (primary N) is 1. The Morgan fingerprint density at radius 2 is 2.18 bits per heavy atom. The highest BCUT2D eigenvalue weighted by Crippen LogP contribution is 2.37. The van der Waals surface area contributed by atoms with Gasteiger partial charge in [0.05, 0.1) is 5.69 Å². The minimum atomic E-state index is -3.47. The van der Waals surface area contributed by atoms with Gasteiger partial charge in [-0.15, -0.1) is 0 Å². The van der Waals surface area contributed by atoms with Crippen molar-refractivity contribution in [2.45, 2.75) is 49.3 Å². The minimum absolute atomic E-state index is 0.245. The summed E-state index contributed by atoms with van der Waals surface area (Å²) in [6.45, 7) is 3.68. The van der Waals surface area contributed by atoms with E-state index in [1.165, 1.54) is 0 Å². The van der Waals surface area contributed by atoms with Gasteiger partial charge in [0, 0.05) is 5.54 Å². The molecule has 3 N–H and O–H groups in total. The van der Waals surface area contributed by atoms with Crippen LogP contribution in [0.4, 0.5) is 5.13 Å². The van der Waals surface area contributed by atoms with Gasteiger partial charge in [0.15, 0.2) is 9.34 Å². The Balaban J connectivity index is 2.28.